The number of aliphatic hydroxyl groups is 1. The monoisotopic (exact) mass is 493 g/mol. The van der Waals surface area contributed by atoms with Gasteiger partial charge in [-0.1, -0.05) is 0 Å². The van der Waals surface area contributed by atoms with Crippen molar-refractivity contribution in [3.63, 3.8) is 0 Å². The topological polar surface area (TPSA) is 148 Å². The predicted molar refractivity (Wildman–Crippen MR) is 120 cm³/mol. The van der Waals surface area contributed by atoms with Gasteiger partial charge < -0.3 is 19.3 Å². The Balaban J connectivity index is 1.62. The van der Waals surface area contributed by atoms with Crippen LogP contribution in [0.2, 0.25) is 0 Å². The zero-order valence-electron chi connectivity index (χ0n) is 18.6. The number of ketones is 1. The Bertz CT molecular complexity index is 1090. The van der Waals surface area contributed by atoms with Crippen LogP contribution < -0.4 is 15.0 Å². The summed E-state index contributed by atoms with van der Waals surface area (Å²) in [7, 11) is -2.62. The van der Waals surface area contributed by atoms with E-state index in [1.54, 1.807) is 24.3 Å². The molecule has 1 amide bonds. The van der Waals surface area contributed by atoms with E-state index in [-0.39, 0.29) is 44.0 Å². The summed E-state index contributed by atoms with van der Waals surface area (Å²) in [6, 6.07) is 11.8. The number of hydroxylamine groups is 1. The van der Waals surface area contributed by atoms with Gasteiger partial charge in [-0.15, -0.1) is 0 Å². The molecule has 1 fully saturated rings. The van der Waals surface area contributed by atoms with Crippen molar-refractivity contribution in [3.8, 4) is 11.5 Å². The van der Waals surface area contributed by atoms with Crippen molar-refractivity contribution in [2.45, 2.75) is 35.0 Å². The first kappa shape index (κ1) is 25.6. The second-order valence-electron chi connectivity index (χ2n) is 7.77. The SMILES string of the molecule is COc1ccc(C(=O)[C@@H](O)CCOc2ccc(S(=O)(=O)C3(C(=O)NO)CCOCC3)cc2)cc1. The van der Waals surface area contributed by atoms with E-state index in [2.05, 4.69) is 0 Å². The van der Waals surface area contributed by atoms with Crippen LogP contribution in [0.25, 0.3) is 0 Å². The second-order valence-corrected chi connectivity index (χ2v) is 10.0. The van der Waals surface area contributed by atoms with Gasteiger partial charge in [0.1, 0.15) is 17.6 Å². The van der Waals surface area contributed by atoms with Gasteiger partial charge in [-0.05, 0) is 61.4 Å². The Labute approximate surface area is 197 Å². The van der Waals surface area contributed by atoms with E-state index in [9.17, 15) is 23.1 Å². The summed E-state index contributed by atoms with van der Waals surface area (Å²) in [5.74, 6) is -0.515. The first-order chi connectivity index (χ1) is 16.2. The average molecular weight is 494 g/mol. The van der Waals surface area contributed by atoms with Gasteiger partial charge in [0.05, 0.1) is 18.6 Å². The highest BCUT2D eigenvalue weighted by atomic mass is 32.2. The first-order valence-corrected chi connectivity index (χ1v) is 12.1. The highest BCUT2D eigenvalue weighted by molar-refractivity contribution is 7.93. The van der Waals surface area contributed by atoms with Gasteiger partial charge in [-0.3, -0.25) is 14.8 Å². The molecule has 3 N–H and O–H groups in total. The van der Waals surface area contributed by atoms with Crippen LogP contribution in [-0.4, -0.2) is 68.2 Å². The molecular formula is C23H27NO9S. The molecule has 1 heterocycles. The molecule has 1 aliphatic rings. The van der Waals surface area contributed by atoms with E-state index in [1.165, 1.54) is 36.9 Å². The van der Waals surface area contributed by atoms with Crippen molar-refractivity contribution in [3.05, 3.63) is 54.1 Å². The maximum absolute atomic E-state index is 13.2. The number of Topliss-reactive ketones (excluding diaryl/α,β-unsaturated/α-hetero) is 1. The van der Waals surface area contributed by atoms with E-state index in [0.29, 0.717) is 17.1 Å². The maximum Gasteiger partial charge on any atom is 0.265 e. The van der Waals surface area contributed by atoms with E-state index in [0.717, 1.165) is 0 Å². The van der Waals surface area contributed by atoms with E-state index in [4.69, 9.17) is 19.4 Å². The summed E-state index contributed by atoms with van der Waals surface area (Å²) in [4.78, 5) is 24.5. The van der Waals surface area contributed by atoms with Crippen LogP contribution in [0.3, 0.4) is 0 Å². The Morgan fingerprint density at radius 3 is 2.21 bits per heavy atom. The van der Waals surface area contributed by atoms with Gasteiger partial charge >= 0.3 is 0 Å². The molecular weight excluding hydrogens is 466 g/mol. The smallest absolute Gasteiger partial charge is 0.265 e. The number of sulfone groups is 1. The number of ether oxygens (including phenoxy) is 3. The number of methoxy groups -OCH3 is 1. The number of carbonyl (C=O) groups is 2. The van der Waals surface area contributed by atoms with E-state index in [1.807, 2.05) is 0 Å². The fourth-order valence-corrected chi connectivity index (χ4v) is 5.67. The van der Waals surface area contributed by atoms with Gasteiger partial charge in [0.15, 0.2) is 20.4 Å². The molecule has 11 heteroatoms. The fraction of sp³-hybridized carbons (Fsp3) is 0.391. The van der Waals surface area contributed by atoms with Crippen molar-refractivity contribution < 1.29 is 42.5 Å². The highest BCUT2D eigenvalue weighted by Gasteiger charge is 2.52. The molecule has 1 aliphatic heterocycles. The minimum Gasteiger partial charge on any atom is -0.497 e. The van der Waals surface area contributed by atoms with Crippen LogP contribution in [0.15, 0.2) is 53.4 Å². The molecule has 0 bridgehead atoms. The molecule has 0 unspecified atom stereocenters. The second kappa shape index (κ2) is 11.0. The molecule has 10 nitrogen and oxygen atoms in total. The zero-order chi connectivity index (χ0) is 24.8. The minimum atomic E-state index is -4.13. The van der Waals surface area contributed by atoms with Crippen molar-refractivity contribution in [1.82, 2.24) is 5.48 Å². The average Bonchev–Trinajstić information content (AvgIpc) is 2.88. The summed E-state index contributed by atoms with van der Waals surface area (Å²) in [5, 5.41) is 19.3. The number of hydrogen-bond donors (Lipinski definition) is 3. The number of carbonyl (C=O) groups excluding carboxylic acids is 2. The third kappa shape index (κ3) is 5.22. The zero-order valence-corrected chi connectivity index (χ0v) is 19.4. The van der Waals surface area contributed by atoms with Crippen LogP contribution in [0.1, 0.15) is 29.6 Å². The maximum atomic E-state index is 13.2. The van der Waals surface area contributed by atoms with Crippen molar-refractivity contribution in [2.75, 3.05) is 26.9 Å². The fourth-order valence-electron chi connectivity index (χ4n) is 3.73. The molecule has 0 aromatic heterocycles. The third-order valence-corrected chi connectivity index (χ3v) is 8.32. The van der Waals surface area contributed by atoms with Crippen molar-refractivity contribution >= 4 is 21.5 Å². The molecule has 0 aliphatic carbocycles. The highest BCUT2D eigenvalue weighted by Crippen LogP contribution is 2.35. The first-order valence-electron chi connectivity index (χ1n) is 10.6. The summed E-state index contributed by atoms with van der Waals surface area (Å²) < 4.78 is 40.4. The molecule has 0 radical (unpaired) electrons. The van der Waals surface area contributed by atoms with Crippen molar-refractivity contribution in [2.24, 2.45) is 0 Å². The Hall–Kier alpha value is -2.99. The van der Waals surface area contributed by atoms with Crippen molar-refractivity contribution in [1.29, 1.82) is 0 Å². The number of rotatable bonds is 10. The predicted octanol–water partition coefficient (Wildman–Crippen LogP) is 1.54. The Morgan fingerprint density at radius 1 is 1.06 bits per heavy atom. The summed E-state index contributed by atoms with van der Waals surface area (Å²) in [6.45, 7) is 0.167. The van der Waals surface area contributed by atoms with Gasteiger partial charge in [0, 0.05) is 25.2 Å². The normalized spacial score (nSPS) is 16.3. The lowest BCUT2D eigenvalue weighted by Crippen LogP contribution is -2.54. The van der Waals surface area contributed by atoms with E-state index < -0.39 is 32.4 Å². The van der Waals surface area contributed by atoms with Crippen LogP contribution in [0, 0.1) is 0 Å². The third-order valence-electron chi connectivity index (χ3n) is 5.80. The molecule has 34 heavy (non-hydrogen) atoms. The van der Waals surface area contributed by atoms with Gasteiger partial charge in [0.25, 0.3) is 5.91 Å². The Morgan fingerprint density at radius 2 is 1.65 bits per heavy atom. The molecule has 0 spiro atoms. The lowest BCUT2D eigenvalue weighted by atomic mass is 9.98. The molecule has 2 aromatic carbocycles. The van der Waals surface area contributed by atoms with E-state index >= 15 is 0 Å². The van der Waals surface area contributed by atoms with Crippen LogP contribution in [0.4, 0.5) is 0 Å². The van der Waals surface area contributed by atoms with Gasteiger partial charge in [-0.25, -0.2) is 13.9 Å². The van der Waals surface area contributed by atoms with Crippen LogP contribution in [-0.2, 0) is 19.4 Å². The van der Waals surface area contributed by atoms with Crippen LogP contribution in [0.5, 0.6) is 11.5 Å². The summed E-state index contributed by atoms with van der Waals surface area (Å²) in [6.07, 6.45) is -1.40. The molecule has 1 saturated heterocycles. The number of benzene rings is 2. The lowest BCUT2D eigenvalue weighted by Gasteiger charge is -2.34. The lowest BCUT2D eigenvalue weighted by molar-refractivity contribution is -0.134. The Kier molecular flexibility index (Phi) is 8.26. The molecule has 2 aromatic rings. The van der Waals surface area contributed by atoms with Gasteiger partial charge in [-0.2, -0.15) is 0 Å². The van der Waals surface area contributed by atoms with Gasteiger partial charge in [0.2, 0.25) is 0 Å². The van der Waals surface area contributed by atoms with Crippen LogP contribution >= 0.6 is 0 Å². The molecule has 3 rings (SSSR count). The largest absolute Gasteiger partial charge is 0.497 e. The number of hydrogen-bond acceptors (Lipinski definition) is 9. The molecule has 0 saturated carbocycles. The quantitative estimate of drug-likeness (QED) is 0.254. The number of amides is 1. The number of nitrogens with one attached hydrogen (secondary N) is 1. The minimum absolute atomic E-state index is 0.0172. The number of aliphatic hydroxyl groups excluding tert-OH is 1. The summed E-state index contributed by atoms with van der Waals surface area (Å²) >= 11 is 0. The standard InChI is InChI=1S/C23H27NO9S/c1-31-17-4-2-16(3-5-17)21(26)20(25)10-13-33-18-6-8-19(9-7-18)34(29,30)23(22(27)24-28)11-14-32-15-12-23/h2-9,20,25,28H,10-15H2,1H3,(H,24,27)/t20-/m0/s1. The molecule has 1 atom stereocenters. The molecule has 184 valence electrons. The summed E-state index contributed by atoms with van der Waals surface area (Å²) in [5.41, 5.74) is 1.82.